The fourth-order valence-corrected chi connectivity index (χ4v) is 3.95. The van der Waals surface area contributed by atoms with Crippen molar-refractivity contribution in [2.75, 3.05) is 39.3 Å². The molecule has 1 aromatic heterocycles. The number of carbonyl (C=O) groups is 2. The van der Waals surface area contributed by atoms with Gasteiger partial charge in [0.25, 0.3) is 0 Å². The predicted molar refractivity (Wildman–Crippen MR) is 102 cm³/mol. The lowest BCUT2D eigenvalue weighted by Crippen LogP contribution is -2.52. The maximum absolute atomic E-state index is 12.9. The normalized spacial score (nSPS) is 21.9. The third-order valence-corrected chi connectivity index (χ3v) is 5.88. The molecule has 3 fully saturated rings. The van der Waals surface area contributed by atoms with Crippen LogP contribution in [0, 0.1) is 5.92 Å². The Balaban J connectivity index is 1.20. The van der Waals surface area contributed by atoms with Gasteiger partial charge in [-0.1, -0.05) is 0 Å². The van der Waals surface area contributed by atoms with E-state index in [1.165, 1.54) is 5.56 Å². The van der Waals surface area contributed by atoms with Crippen molar-refractivity contribution in [3.63, 3.8) is 0 Å². The van der Waals surface area contributed by atoms with Crippen LogP contribution >= 0.6 is 0 Å². The van der Waals surface area contributed by atoms with E-state index in [9.17, 15) is 9.59 Å². The van der Waals surface area contributed by atoms with Gasteiger partial charge < -0.3 is 15.1 Å². The lowest BCUT2D eigenvalue weighted by Gasteiger charge is -2.38. The molecule has 0 atom stereocenters. The molecule has 0 aromatic carbocycles. The number of piperidine rings is 1. The van der Waals surface area contributed by atoms with E-state index in [0.29, 0.717) is 19.1 Å². The van der Waals surface area contributed by atoms with Gasteiger partial charge in [0, 0.05) is 70.2 Å². The number of carbonyl (C=O) groups excluding carboxylic acids is 2. The van der Waals surface area contributed by atoms with Crippen LogP contribution < -0.4 is 5.32 Å². The molecule has 146 valence electrons. The third-order valence-electron chi connectivity index (χ3n) is 5.88. The highest BCUT2D eigenvalue weighted by Crippen LogP contribution is 2.23. The van der Waals surface area contributed by atoms with Crippen molar-refractivity contribution in [3.05, 3.63) is 30.1 Å². The Morgan fingerprint density at radius 3 is 2.22 bits per heavy atom. The lowest BCUT2D eigenvalue weighted by molar-refractivity contribution is -0.138. The smallest absolute Gasteiger partial charge is 0.317 e. The number of nitrogens with one attached hydrogen (secondary N) is 1. The minimum Gasteiger partial charge on any atom is -0.340 e. The average molecular weight is 371 g/mol. The van der Waals surface area contributed by atoms with Crippen LogP contribution in [0.3, 0.4) is 0 Å². The number of pyridine rings is 1. The Morgan fingerprint density at radius 1 is 0.926 bits per heavy atom. The molecule has 1 aromatic rings. The van der Waals surface area contributed by atoms with Crippen molar-refractivity contribution in [2.24, 2.45) is 5.92 Å². The zero-order valence-electron chi connectivity index (χ0n) is 15.8. The topological polar surface area (TPSA) is 68.8 Å². The van der Waals surface area contributed by atoms with Gasteiger partial charge in [-0.15, -0.1) is 0 Å². The number of amides is 3. The summed E-state index contributed by atoms with van der Waals surface area (Å²) in [7, 11) is 0. The zero-order valence-corrected chi connectivity index (χ0v) is 15.8. The van der Waals surface area contributed by atoms with Crippen molar-refractivity contribution in [2.45, 2.75) is 38.3 Å². The first kappa shape index (κ1) is 18.2. The van der Waals surface area contributed by atoms with Crippen LogP contribution in [0.1, 0.15) is 31.2 Å². The molecule has 0 unspecified atom stereocenters. The Labute approximate surface area is 160 Å². The molecule has 0 spiro atoms. The van der Waals surface area contributed by atoms with Crippen LogP contribution in [0.15, 0.2) is 24.5 Å². The Kier molecular flexibility index (Phi) is 5.57. The standard InChI is InChI=1S/C20H29N5O2/c26-19(17-5-9-25(10-6-17)20(27)22-18-1-2-18)24-13-11-23(12-14-24)15-16-3-7-21-8-4-16/h3-4,7-8,17-18H,1-2,5-6,9-15H2,(H,22,27). The number of hydrogen-bond acceptors (Lipinski definition) is 4. The van der Waals surface area contributed by atoms with Crippen LogP contribution in [0.2, 0.25) is 0 Å². The summed E-state index contributed by atoms with van der Waals surface area (Å²) in [6.07, 6.45) is 7.43. The number of likely N-dealkylation sites (tertiary alicyclic amines) is 1. The minimum absolute atomic E-state index is 0.0492. The molecule has 2 saturated heterocycles. The molecule has 0 radical (unpaired) electrons. The first-order valence-electron chi connectivity index (χ1n) is 10.1. The second kappa shape index (κ2) is 8.25. The number of piperazine rings is 1. The molecule has 1 N–H and O–H groups in total. The van der Waals surface area contributed by atoms with Gasteiger partial charge >= 0.3 is 6.03 Å². The van der Waals surface area contributed by atoms with Gasteiger partial charge in [0.1, 0.15) is 0 Å². The second-order valence-corrected chi connectivity index (χ2v) is 7.94. The highest BCUT2D eigenvalue weighted by atomic mass is 16.2. The maximum atomic E-state index is 12.9. The molecule has 3 aliphatic rings. The molecule has 7 nitrogen and oxygen atoms in total. The number of rotatable bonds is 4. The van der Waals surface area contributed by atoms with Crippen LogP contribution in [0.5, 0.6) is 0 Å². The van der Waals surface area contributed by atoms with E-state index in [0.717, 1.165) is 58.4 Å². The number of nitrogens with zero attached hydrogens (tertiary/aromatic N) is 4. The molecular weight excluding hydrogens is 342 g/mol. The highest BCUT2D eigenvalue weighted by molar-refractivity contribution is 5.80. The fraction of sp³-hybridized carbons (Fsp3) is 0.650. The van der Waals surface area contributed by atoms with Crippen molar-refractivity contribution in [1.82, 2.24) is 25.0 Å². The molecule has 1 saturated carbocycles. The van der Waals surface area contributed by atoms with E-state index in [1.807, 2.05) is 34.3 Å². The summed E-state index contributed by atoms with van der Waals surface area (Å²) in [4.78, 5) is 35.3. The van der Waals surface area contributed by atoms with Gasteiger partial charge in [-0.3, -0.25) is 14.7 Å². The second-order valence-electron chi connectivity index (χ2n) is 7.94. The first-order chi connectivity index (χ1) is 13.2. The Hall–Kier alpha value is -2.15. The van der Waals surface area contributed by atoms with Crippen LogP contribution in [-0.4, -0.2) is 76.9 Å². The van der Waals surface area contributed by atoms with E-state index in [4.69, 9.17) is 0 Å². The van der Waals surface area contributed by atoms with Crippen molar-refractivity contribution in [3.8, 4) is 0 Å². The van der Waals surface area contributed by atoms with Gasteiger partial charge in [0.05, 0.1) is 0 Å². The summed E-state index contributed by atoms with van der Waals surface area (Å²) >= 11 is 0. The Bertz CT molecular complexity index is 648. The molecule has 7 heteroatoms. The van der Waals surface area contributed by atoms with Crippen LogP contribution in [0.4, 0.5) is 4.79 Å². The maximum Gasteiger partial charge on any atom is 0.317 e. The average Bonchev–Trinajstić information content (AvgIpc) is 3.53. The van der Waals surface area contributed by atoms with Gasteiger partial charge in [0.15, 0.2) is 0 Å². The summed E-state index contributed by atoms with van der Waals surface area (Å²) in [6, 6.07) is 4.53. The molecule has 4 rings (SSSR count). The van der Waals surface area contributed by atoms with E-state index >= 15 is 0 Å². The van der Waals surface area contributed by atoms with E-state index in [1.54, 1.807) is 0 Å². The number of hydrogen-bond donors (Lipinski definition) is 1. The summed E-state index contributed by atoms with van der Waals surface area (Å²) in [6.45, 7) is 5.72. The summed E-state index contributed by atoms with van der Waals surface area (Å²) < 4.78 is 0. The largest absolute Gasteiger partial charge is 0.340 e. The van der Waals surface area contributed by atoms with Gasteiger partial charge in [-0.25, -0.2) is 4.79 Å². The van der Waals surface area contributed by atoms with Gasteiger partial charge in [0.2, 0.25) is 5.91 Å². The number of aromatic nitrogens is 1. The van der Waals surface area contributed by atoms with Crippen molar-refractivity contribution >= 4 is 11.9 Å². The minimum atomic E-state index is 0.0492. The molecule has 2 aliphatic heterocycles. The summed E-state index contributed by atoms with van der Waals surface area (Å²) in [5.41, 5.74) is 1.27. The van der Waals surface area contributed by atoms with E-state index in [-0.39, 0.29) is 17.9 Å². The summed E-state index contributed by atoms with van der Waals surface area (Å²) in [5.74, 6) is 0.350. The number of urea groups is 1. The van der Waals surface area contributed by atoms with Crippen LogP contribution in [-0.2, 0) is 11.3 Å². The fourth-order valence-electron chi connectivity index (χ4n) is 3.95. The summed E-state index contributed by atoms with van der Waals surface area (Å²) in [5, 5.41) is 3.04. The lowest BCUT2D eigenvalue weighted by atomic mass is 9.95. The molecular formula is C20H29N5O2. The molecule has 3 amide bonds. The SMILES string of the molecule is O=C(NC1CC1)N1CCC(C(=O)N2CCN(Cc3ccncc3)CC2)CC1. The quantitative estimate of drug-likeness (QED) is 0.867. The molecule has 1 aliphatic carbocycles. The van der Waals surface area contributed by atoms with Crippen molar-refractivity contribution in [1.29, 1.82) is 0 Å². The monoisotopic (exact) mass is 371 g/mol. The molecule has 3 heterocycles. The highest BCUT2D eigenvalue weighted by Gasteiger charge is 2.33. The van der Waals surface area contributed by atoms with Crippen molar-refractivity contribution < 1.29 is 9.59 Å². The van der Waals surface area contributed by atoms with E-state index < -0.39 is 0 Å². The predicted octanol–water partition coefficient (Wildman–Crippen LogP) is 1.31. The first-order valence-corrected chi connectivity index (χ1v) is 10.1. The molecule has 27 heavy (non-hydrogen) atoms. The third kappa shape index (κ3) is 4.77. The molecule has 0 bridgehead atoms. The van der Waals surface area contributed by atoms with Crippen LogP contribution in [0.25, 0.3) is 0 Å². The van der Waals surface area contributed by atoms with Gasteiger partial charge in [-0.05, 0) is 43.4 Å². The van der Waals surface area contributed by atoms with Gasteiger partial charge in [-0.2, -0.15) is 0 Å². The zero-order chi connectivity index (χ0) is 18.6. The van der Waals surface area contributed by atoms with E-state index in [2.05, 4.69) is 15.2 Å². The Morgan fingerprint density at radius 2 is 1.59 bits per heavy atom.